The molecule has 0 unspecified atom stereocenters. The Balaban J connectivity index is 0.00000218. The van der Waals surface area contributed by atoms with Crippen molar-refractivity contribution >= 4 is 35.6 Å². The van der Waals surface area contributed by atoms with Crippen molar-refractivity contribution in [3.05, 3.63) is 52.0 Å². The highest BCUT2D eigenvalue weighted by atomic mass is 35.5. The maximum atomic E-state index is 11.6. The number of aryl methyl sites for hydroxylation is 1. The monoisotopic (exact) mass is 453 g/mol. The Hall–Kier alpha value is -1.63. The number of aliphatic hydroxyl groups is 1. The number of rotatable bonds is 11. The molecule has 0 bridgehead atoms. The number of benzene rings is 1. The SMILES string of the molecule is CC.CC(C)=C/C(NSC1(CCCO)CC1)=C(/Nc1ccc(C)cc1Cl)N(C)C=O. The lowest BCUT2D eigenvalue weighted by Crippen LogP contribution is -2.27. The van der Waals surface area contributed by atoms with Gasteiger partial charge >= 0.3 is 0 Å². The van der Waals surface area contributed by atoms with Crippen molar-refractivity contribution < 1.29 is 9.90 Å². The molecule has 1 aromatic rings. The van der Waals surface area contributed by atoms with Gasteiger partial charge in [0.1, 0.15) is 5.82 Å². The number of nitrogens with zero attached hydrogens (tertiary/aromatic N) is 1. The molecule has 2 rings (SSSR count). The Labute approximate surface area is 191 Å². The summed E-state index contributed by atoms with van der Waals surface area (Å²) in [5.41, 5.74) is 3.73. The summed E-state index contributed by atoms with van der Waals surface area (Å²) < 4.78 is 3.62. The average molecular weight is 454 g/mol. The van der Waals surface area contributed by atoms with E-state index in [0.29, 0.717) is 10.8 Å². The summed E-state index contributed by atoms with van der Waals surface area (Å²) in [4.78, 5) is 13.1. The van der Waals surface area contributed by atoms with Crippen LogP contribution in [0.25, 0.3) is 0 Å². The van der Waals surface area contributed by atoms with Gasteiger partial charge in [0, 0.05) is 18.4 Å². The van der Waals surface area contributed by atoms with Crippen LogP contribution < -0.4 is 10.0 Å². The van der Waals surface area contributed by atoms with Gasteiger partial charge in [0.05, 0.1) is 16.4 Å². The molecule has 0 atom stereocenters. The molecule has 0 radical (unpaired) electrons. The number of nitrogens with one attached hydrogen (secondary N) is 2. The van der Waals surface area contributed by atoms with Crippen LogP contribution in [0.5, 0.6) is 0 Å². The normalized spacial score (nSPS) is 14.5. The van der Waals surface area contributed by atoms with Crippen molar-refractivity contribution in [1.82, 2.24) is 9.62 Å². The molecule has 1 amide bonds. The summed E-state index contributed by atoms with van der Waals surface area (Å²) in [5.74, 6) is 0.632. The van der Waals surface area contributed by atoms with Crippen LogP contribution in [0.3, 0.4) is 0 Å². The predicted molar refractivity (Wildman–Crippen MR) is 130 cm³/mol. The van der Waals surface area contributed by atoms with Crippen LogP contribution in [0.1, 0.15) is 58.9 Å². The van der Waals surface area contributed by atoms with Crippen molar-refractivity contribution in [3.8, 4) is 0 Å². The Morgan fingerprint density at radius 1 is 1.33 bits per heavy atom. The Morgan fingerprint density at radius 3 is 2.50 bits per heavy atom. The molecule has 168 valence electrons. The molecule has 7 heteroatoms. The number of hydrogen-bond donors (Lipinski definition) is 3. The largest absolute Gasteiger partial charge is 0.396 e. The molecule has 0 heterocycles. The van der Waals surface area contributed by atoms with Gasteiger partial charge < -0.3 is 20.0 Å². The van der Waals surface area contributed by atoms with Gasteiger partial charge in [-0.05, 0) is 82.2 Å². The molecule has 3 N–H and O–H groups in total. The first kappa shape index (κ1) is 26.4. The van der Waals surface area contributed by atoms with Gasteiger partial charge in [0.2, 0.25) is 6.41 Å². The summed E-state index contributed by atoms with van der Waals surface area (Å²) in [6.07, 6.45) is 6.81. The van der Waals surface area contributed by atoms with E-state index < -0.39 is 0 Å². The number of carbonyl (C=O) groups is 1. The maximum Gasteiger partial charge on any atom is 0.215 e. The number of hydrogen-bond acceptors (Lipinski definition) is 5. The second-order valence-corrected chi connectivity index (χ2v) is 9.20. The second-order valence-electron chi connectivity index (χ2n) is 7.52. The topological polar surface area (TPSA) is 64.6 Å². The fourth-order valence-corrected chi connectivity index (χ4v) is 4.11. The summed E-state index contributed by atoms with van der Waals surface area (Å²) in [6.45, 7) is 10.2. The van der Waals surface area contributed by atoms with E-state index in [4.69, 9.17) is 16.7 Å². The minimum atomic E-state index is 0.163. The number of halogens is 1. The van der Waals surface area contributed by atoms with Gasteiger partial charge in [-0.15, -0.1) is 0 Å². The molecule has 0 spiro atoms. The summed E-state index contributed by atoms with van der Waals surface area (Å²) >= 11 is 8.07. The fraction of sp³-hybridized carbons (Fsp3) is 0.522. The van der Waals surface area contributed by atoms with Gasteiger partial charge in [0.15, 0.2) is 0 Å². The van der Waals surface area contributed by atoms with E-state index in [1.807, 2.05) is 58.9 Å². The lowest BCUT2D eigenvalue weighted by atomic mass is 10.2. The first-order valence-electron chi connectivity index (χ1n) is 10.5. The number of amides is 1. The summed E-state index contributed by atoms with van der Waals surface area (Å²) in [5, 5.41) is 13.1. The summed E-state index contributed by atoms with van der Waals surface area (Å²) in [7, 11) is 1.71. The molecule has 0 saturated heterocycles. The molecule has 1 saturated carbocycles. The number of aliphatic hydroxyl groups excluding tert-OH is 1. The van der Waals surface area contributed by atoms with Gasteiger partial charge in [-0.2, -0.15) is 0 Å². The molecule has 0 aromatic heterocycles. The van der Waals surface area contributed by atoms with Crippen molar-refractivity contribution in [2.45, 2.75) is 65.0 Å². The number of carbonyl (C=O) groups excluding carboxylic acids is 1. The van der Waals surface area contributed by atoms with Crippen molar-refractivity contribution in [2.75, 3.05) is 19.0 Å². The van der Waals surface area contributed by atoms with Crippen LogP contribution in [0, 0.1) is 6.92 Å². The highest BCUT2D eigenvalue weighted by Crippen LogP contribution is 2.51. The highest BCUT2D eigenvalue weighted by Gasteiger charge is 2.43. The van der Waals surface area contributed by atoms with E-state index in [9.17, 15) is 4.79 Å². The third-order valence-electron chi connectivity index (χ3n) is 4.55. The minimum absolute atomic E-state index is 0.163. The lowest BCUT2D eigenvalue weighted by Gasteiger charge is -2.24. The molecule has 30 heavy (non-hydrogen) atoms. The zero-order valence-corrected chi connectivity index (χ0v) is 20.6. The van der Waals surface area contributed by atoms with Gasteiger partial charge in [-0.25, -0.2) is 0 Å². The summed E-state index contributed by atoms with van der Waals surface area (Å²) in [6, 6.07) is 5.77. The third kappa shape index (κ3) is 8.25. The molecule has 1 fully saturated rings. The Morgan fingerprint density at radius 2 is 2.00 bits per heavy atom. The Kier molecular flexibility index (Phi) is 11.4. The fourth-order valence-electron chi connectivity index (χ4n) is 2.79. The van der Waals surface area contributed by atoms with Crippen molar-refractivity contribution in [3.63, 3.8) is 0 Å². The van der Waals surface area contributed by atoms with E-state index >= 15 is 0 Å². The van der Waals surface area contributed by atoms with E-state index in [2.05, 4.69) is 10.0 Å². The van der Waals surface area contributed by atoms with Crippen LogP contribution in [0.15, 0.2) is 41.4 Å². The van der Waals surface area contributed by atoms with Gasteiger partial charge in [-0.3, -0.25) is 4.79 Å². The van der Waals surface area contributed by atoms with E-state index in [0.717, 1.165) is 54.6 Å². The average Bonchev–Trinajstić information content (AvgIpc) is 3.50. The first-order chi connectivity index (χ1) is 14.3. The van der Waals surface area contributed by atoms with E-state index in [-0.39, 0.29) is 11.4 Å². The molecular weight excluding hydrogens is 418 g/mol. The second kappa shape index (κ2) is 12.9. The zero-order chi connectivity index (χ0) is 22.7. The Bertz CT molecular complexity index is 757. The molecule has 0 aliphatic heterocycles. The van der Waals surface area contributed by atoms with Crippen LogP contribution >= 0.6 is 23.5 Å². The van der Waals surface area contributed by atoms with Gasteiger partial charge in [0.25, 0.3) is 0 Å². The quantitative estimate of drug-likeness (QED) is 0.223. The standard InChI is InChI=1S/C21H30ClN3O2S.C2H6/c1-15(2)12-19(24-28-21(9-10-21)8-5-11-26)20(25(4)14-27)23-18-7-6-16(3)13-17(18)22;1-2/h6-7,12-14,23-24,26H,5,8-11H2,1-4H3;1-2H3/b20-19+;. The van der Waals surface area contributed by atoms with Crippen molar-refractivity contribution in [1.29, 1.82) is 0 Å². The molecule has 1 aliphatic carbocycles. The van der Waals surface area contributed by atoms with E-state index in [1.54, 1.807) is 19.0 Å². The minimum Gasteiger partial charge on any atom is -0.396 e. The first-order valence-corrected chi connectivity index (χ1v) is 11.6. The van der Waals surface area contributed by atoms with Crippen molar-refractivity contribution in [2.24, 2.45) is 0 Å². The van der Waals surface area contributed by atoms with Crippen LogP contribution in [-0.4, -0.2) is 34.8 Å². The van der Waals surface area contributed by atoms with Crippen LogP contribution in [0.4, 0.5) is 5.69 Å². The maximum absolute atomic E-state index is 11.6. The molecular formula is C23H36ClN3O2S. The third-order valence-corrected chi connectivity index (χ3v) is 6.23. The molecule has 1 aromatic carbocycles. The highest BCUT2D eigenvalue weighted by molar-refractivity contribution is 7.99. The number of anilines is 1. The van der Waals surface area contributed by atoms with Crippen LogP contribution in [0.2, 0.25) is 5.02 Å². The lowest BCUT2D eigenvalue weighted by molar-refractivity contribution is -0.115. The van der Waals surface area contributed by atoms with Gasteiger partial charge in [-0.1, -0.05) is 37.1 Å². The smallest absolute Gasteiger partial charge is 0.215 e. The van der Waals surface area contributed by atoms with Crippen LogP contribution in [-0.2, 0) is 4.79 Å². The molecule has 1 aliphatic rings. The predicted octanol–water partition coefficient (Wildman–Crippen LogP) is 5.85. The molecule has 5 nitrogen and oxygen atoms in total. The van der Waals surface area contributed by atoms with E-state index in [1.165, 1.54) is 4.90 Å². The number of allylic oxidation sites excluding steroid dienone is 2. The zero-order valence-electron chi connectivity index (χ0n) is 19.0.